The van der Waals surface area contributed by atoms with E-state index < -0.39 is 5.97 Å². The molecule has 0 atom stereocenters. The van der Waals surface area contributed by atoms with Crippen molar-refractivity contribution in [3.8, 4) is 0 Å². The standard InChI is InChI=1S/C20H17NO4/c1-2-3-4-5-18(22)21-17-12-10-15(11-13-17)19(23)14-6-8-16(9-7-14)20(24)25/h2-13H,1H3,(H,21,22)(H,24,25)/b3-2+,5-4+. The first-order valence-electron chi connectivity index (χ1n) is 7.59. The molecule has 0 unspecified atom stereocenters. The zero-order valence-electron chi connectivity index (χ0n) is 13.6. The van der Waals surface area contributed by atoms with E-state index in [0.717, 1.165) is 0 Å². The fourth-order valence-corrected chi connectivity index (χ4v) is 2.07. The van der Waals surface area contributed by atoms with Crippen molar-refractivity contribution in [2.45, 2.75) is 6.92 Å². The van der Waals surface area contributed by atoms with Gasteiger partial charge >= 0.3 is 5.97 Å². The zero-order valence-corrected chi connectivity index (χ0v) is 13.6. The second-order valence-electron chi connectivity index (χ2n) is 5.16. The van der Waals surface area contributed by atoms with Crippen LogP contribution in [0.5, 0.6) is 0 Å². The number of carboxylic acid groups (broad SMARTS) is 1. The predicted molar refractivity (Wildman–Crippen MR) is 95.9 cm³/mol. The highest BCUT2D eigenvalue weighted by Crippen LogP contribution is 2.15. The minimum Gasteiger partial charge on any atom is -0.478 e. The molecule has 25 heavy (non-hydrogen) atoms. The third-order valence-corrected chi connectivity index (χ3v) is 3.36. The highest BCUT2D eigenvalue weighted by atomic mass is 16.4. The molecule has 126 valence electrons. The first-order valence-corrected chi connectivity index (χ1v) is 7.59. The molecule has 0 fully saturated rings. The highest BCUT2D eigenvalue weighted by Gasteiger charge is 2.10. The summed E-state index contributed by atoms with van der Waals surface area (Å²) in [6.07, 6.45) is 6.60. The van der Waals surface area contributed by atoms with Crippen LogP contribution in [0.1, 0.15) is 33.2 Å². The largest absolute Gasteiger partial charge is 0.478 e. The Hall–Kier alpha value is -3.47. The van der Waals surface area contributed by atoms with Gasteiger partial charge in [0.15, 0.2) is 5.78 Å². The van der Waals surface area contributed by atoms with E-state index in [1.807, 2.05) is 13.0 Å². The average Bonchev–Trinajstić information content (AvgIpc) is 2.62. The quantitative estimate of drug-likeness (QED) is 0.479. The molecule has 0 saturated heterocycles. The van der Waals surface area contributed by atoms with Gasteiger partial charge in [-0.05, 0) is 43.3 Å². The number of benzene rings is 2. The number of anilines is 1. The summed E-state index contributed by atoms with van der Waals surface area (Å²) in [5, 5.41) is 11.6. The van der Waals surface area contributed by atoms with Gasteiger partial charge in [-0.25, -0.2) is 4.79 Å². The maximum Gasteiger partial charge on any atom is 0.335 e. The Kier molecular flexibility index (Phi) is 6.01. The summed E-state index contributed by atoms with van der Waals surface area (Å²) in [6, 6.07) is 12.2. The number of amides is 1. The van der Waals surface area contributed by atoms with Gasteiger partial charge in [-0.3, -0.25) is 9.59 Å². The number of carboxylic acids is 1. The number of hydrogen-bond acceptors (Lipinski definition) is 3. The van der Waals surface area contributed by atoms with Crippen molar-refractivity contribution in [2.24, 2.45) is 0 Å². The number of nitrogens with one attached hydrogen (secondary N) is 1. The van der Waals surface area contributed by atoms with E-state index in [1.54, 1.807) is 36.4 Å². The van der Waals surface area contributed by atoms with Gasteiger partial charge in [0.1, 0.15) is 0 Å². The van der Waals surface area contributed by atoms with Gasteiger partial charge < -0.3 is 10.4 Å². The van der Waals surface area contributed by atoms with E-state index in [1.165, 1.54) is 30.3 Å². The fourth-order valence-electron chi connectivity index (χ4n) is 2.07. The summed E-state index contributed by atoms with van der Waals surface area (Å²) >= 11 is 0. The van der Waals surface area contributed by atoms with Crippen LogP contribution in [0, 0.1) is 0 Å². The molecule has 0 aliphatic heterocycles. The van der Waals surface area contributed by atoms with Crippen molar-refractivity contribution in [3.63, 3.8) is 0 Å². The number of ketones is 1. The van der Waals surface area contributed by atoms with Crippen molar-refractivity contribution < 1.29 is 19.5 Å². The van der Waals surface area contributed by atoms with E-state index >= 15 is 0 Å². The molecule has 0 saturated carbocycles. The monoisotopic (exact) mass is 335 g/mol. The molecule has 2 N–H and O–H groups in total. The number of rotatable bonds is 6. The Morgan fingerprint density at radius 1 is 0.840 bits per heavy atom. The molecule has 1 amide bonds. The fraction of sp³-hybridized carbons (Fsp3) is 0.0500. The van der Waals surface area contributed by atoms with Crippen LogP contribution in [0.15, 0.2) is 72.8 Å². The summed E-state index contributed by atoms with van der Waals surface area (Å²) in [4.78, 5) is 34.9. The first-order chi connectivity index (χ1) is 12.0. The maximum absolute atomic E-state index is 12.4. The number of carbonyl (C=O) groups is 3. The molecule has 0 heterocycles. The molecule has 0 radical (unpaired) electrons. The van der Waals surface area contributed by atoms with E-state index in [0.29, 0.717) is 16.8 Å². The predicted octanol–water partition coefficient (Wildman–Crippen LogP) is 3.69. The highest BCUT2D eigenvalue weighted by molar-refractivity contribution is 6.09. The van der Waals surface area contributed by atoms with Crippen LogP contribution in [0.25, 0.3) is 0 Å². The lowest BCUT2D eigenvalue weighted by atomic mass is 10.0. The van der Waals surface area contributed by atoms with Crippen molar-refractivity contribution in [2.75, 3.05) is 5.32 Å². The van der Waals surface area contributed by atoms with Gasteiger partial charge in [-0.15, -0.1) is 0 Å². The van der Waals surface area contributed by atoms with Crippen molar-refractivity contribution in [1.29, 1.82) is 0 Å². The summed E-state index contributed by atoms with van der Waals surface area (Å²) in [5.41, 5.74) is 1.55. The second kappa shape index (κ2) is 8.40. The summed E-state index contributed by atoms with van der Waals surface area (Å²) in [6.45, 7) is 1.85. The first kappa shape index (κ1) is 17.9. The molecule has 0 aromatic heterocycles. The van der Waals surface area contributed by atoms with Gasteiger partial charge in [0, 0.05) is 22.9 Å². The number of aromatic carboxylic acids is 1. The molecule has 0 aliphatic carbocycles. The molecule has 5 nitrogen and oxygen atoms in total. The van der Waals surface area contributed by atoms with Crippen LogP contribution < -0.4 is 5.32 Å². The molecular weight excluding hydrogens is 318 g/mol. The Labute approximate surface area is 145 Å². The Morgan fingerprint density at radius 2 is 1.36 bits per heavy atom. The lowest BCUT2D eigenvalue weighted by Gasteiger charge is -2.05. The molecule has 5 heteroatoms. The van der Waals surface area contributed by atoms with Crippen molar-refractivity contribution in [1.82, 2.24) is 0 Å². The van der Waals surface area contributed by atoms with Crippen LogP contribution in [0.2, 0.25) is 0 Å². The number of allylic oxidation sites excluding steroid dienone is 3. The average molecular weight is 335 g/mol. The van der Waals surface area contributed by atoms with E-state index in [4.69, 9.17) is 5.11 Å². The molecule has 2 aromatic rings. The third-order valence-electron chi connectivity index (χ3n) is 3.36. The smallest absolute Gasteiger partial charge is 0.335 e. The number of carbonyl (C=O) groups excluding carboxylic acids is 2. The molecule has 2 aromatic carbocycles. The molecule has 0 bridgehead atoms. The van der Waals surface area contributed by atoms with Crippen LogP contribution >= 0.6 is 0 Å². The van der Waals surface area contributed by atoms with Crippen molar-refractivity contribution in [3.05, 3.63) is 89.5 Å². The molecule has 2 rings (SSSR count). The zero-order chi connectivity index (χ0) is 18.2. The maximum atomic E-state index is 12.4. The lowest BCUT2D eigenvalue weighted by Crippen LogP contribution is -2.08. The third kappa shape index (κ3) is 5.00. The summed E-state index contributed by atoms with van der Waals surface area (Å²) in [7, 11) is 0. The van der Waals surface area contributed by atoms with Crippen LogP contribution in [0.4, 0.5) is 5.69 Å². The van der Waals surface area contributed by atoms with Crippen LogP contribution in [0.3, 0.4) is 0 Å². The Bertz CT molecular complexity index is 831. The lowest BCUT2D eigenvalue weighted by molar-refractivity contribution is -0.111. The van der Waals surface area contributed by atoms with Gasteiger partial charge in [0.2, 0.25) is 5.91 Å². The minimum absolute atomic E-state index is 0.126. The van der Waals surface area contributed by atoms with Gasteiger partial charge in [-0.1, -0.05) is 30.4 Å². The Balaban J connectivity index is 2.07. The molecular formula is C20H17NO4. The van der Waals surface area contributed by atoms with Crippen LogP contribution in [-0.2, 0) is 4.79 Å². The minimum atomic E-state index is -1.04. The van der Waals surface area contributed by atoms with Crippen LogP contribution in [-0.4, -0.2) is 22.8 Å². The summed E-state index contributed by atoms with van der Waals surface area (Å²) in [5.74, 6) is -1.52. The Morgan fingerprint density at radius 3 is 1.88 bits per heavy atom. The SMILES string of the molecule is C/C=C/C=C/C(=O)Nc1ccc(C(=O)c2ccc(C(=O)O)cc2)cc1. The van der Waals surface area contributed by atoms with Gasteiger partial charge in [0.05, 0.1) is 5.56 Å². The van der Waals surface area contributed by atoms with E-state index in [9.17, 15) is 14.4 Å². The summed E-state index contributed by atoms with van der Waals surface area (Å²) < 4.78 is 0. The second-order valence-corrected chi connectivity index (χ2v) is 5.16. The topological polar surface area (TPSA) is 83.5 Å². The number of hydrogen-bond donors (Lipinski definition) is 2. The normalized spacial score (nSPS) is 10.9. The van der Waals surface area contributed by atoms with E-state index in [-0.39, 0.29) is 17.3 Å². The molecule has 0 spiro atoms. The van der Waals surface area contributed by atoms with Crippen molar-refractivity contribution >= 4 is 23.3 Å². The molecule has 0 aliphatic rings. The van der Waals surface area contributed by atoms with Gasteiger partial charge in [-0.2, -0.15) is 0 Å². The van der Waals surface area contributed by atoms with E-state index in [2.05, 4.69) is 5.32 Å². The van der Waals surface area contributed by atoms with Gasteiger partial charge in [0.25, 0.3) is 0 Å².